The van der Waals surface area contributed by atoms with Crippen LogP contribution in [0.25, 0.3) is 0 Å². The average molecular weight is 456 g/mol. The van der Waals surface area contributed by atoms with Crippen LogP contribution >= 0.6 is 0 Å². The number of carbonyl (C=O) groups is 1. The number of azo groups is 1. The van der Waals surface area contributed by atoms with E-state index in [0.29, 0.717) is 6.07 Å². The van der Waals surface area contributed by atoms with Crippen molar-refractivity contribution in [2.45, 2.75) is 0 Å². The molecule has 0 fully saturated rings. The van der Waals surface area contributed by atoms with Gasteiger partial charge in [-0.25, -0.2) is 0 Å². The molecule has 154 valence electrons. The molecule has 0 bridgehead atoms. The van der Waals surface area contributed by atoms with Crippen LogP contribution in [0.5, 0.6) is 5.75 Å². The first-order valence-corrected chi connectivity index (χ1v) is 9.22. The van der Waals surface area contributed by atoms with E-state index in [-0.39, 0.29) is 46.4 Å². The number of aromatic hydroxyl groups is 1. The molecule has 3 rings (SSSR count). The van der Waals surface area contributed by atoms with E-state index in [9.17, 15) is 38.9 Å². The van der Waals surface area contributed by atoms with Crippen molar-refractivity contribution < 1.29 is 62.6 Å². The van der Waals surface area contributed by atoms with Gasteiger partial charge in [-0.3, -0.25) is 29.2 Å². The van der Waals surface area contributed by atoms with E-state index in [2.05, 4.69) is 10.2 Å². The minimum atomic E-state index is -4.50. The second-order valence-corrected chi connectivity index (χ2v) is 7.24. The van der Waals surface area contributed by atoms with Gasteiger partial charge in [0.05, 0.1) is 15.9 Å². The number of phenols is 1. The number of nitro benzene ring substituents is 2. The molecule has 31 heavy (non-hydrogen) atoms. The van der Waals surface area contributed by atoms with Gasteiger partial charge in [0.15, 0.2) is 0 Å². The van der Waals surface area contributed by atoms with E-state index < -0.39 is 53.4 Å². The zero-order valence-corrected chi connectivity index (χ0v) is 18.3. The van der Waals surface area contributed by atoms with Crippen molar-refractivity contribution in [1.29, 1.82) is 0 Å². The van der Waals surface area contributed by atoms with Crippen LogP contribution < -0.4 is 29.6 Å². The maximum absolute atomic E-state index is 12.2. The standard InChI is InChI=1S/C16H10N4O9S.Na/c21-14-4-1-8-5-10(30(27,28)29)2-3-11(8)15(14)18-17-12-6-9(19(23)24)7-13(16(12)22)20(25)26;/h1-7,22H,(H2,27,28,29);/q;+1/p-1. The number of nitro groups is 2. The molecule has 2 N–H and O–H groups in total. The Balaban J connectivity index is 0.00000341. The first-order chi connectivity index (χ1) is 14.0. The fourth-order valence-corrected chi connectivity index (χ4v) is 3.07. The summed E-state index contributed by atoms with van der Waals surface area (Å²) >= 11 is 0. The third-order valence-corrected chi connectivity index (χ3v) is 4.79. The summed E-state index contributed by atoms with van der Waals surface area (Å²) in [4.78, 5) is 31.7. The van der Waals surface area contributed by atoms with Crippen LogP contribution in [0.15, 0.2) is 69.6 Å². The van der Waals surface area contributed by atoms with Crippen LogP contribution in [0, 0.1) is 20.2 Å². The molecule has 13 nitrogen and oxygen atoms in total. The van der Waals surface area contributed by atoms with E-state index in [4.69, 9.17) is 4.55 Å². The topological polar surface area (TPSA) is 209 Å². The molecule has 0 amide bonds. The molecular weight excluding hydrogens is 447 g/mol. The van der Waals surface area contributed by atoms with Crippen LogP contribution in [-0.2, 0) is 14.9 Å². The van der Waals surface area contributed by atoms with Crippen LogP contribution in [0.3, 0.4) is 0 Å². The van der Waals surface area contributed by atoms with Crippen LogP contribution in [-0.4, -0.2) is 38.9 Å². The molecule has 1 aromatic carbocycles. The normalized spacial score (nSPS) is 17.2. The Morgan fingerprint density at radius 3 is 2.26 bits per heavy atom. The van der Waals surface area contributed by atoms with Crippen molar-refractivity contribution in [1.82, 2.24) is 0 Å². The van der Waals surface area contributed by atoms with Gasteiger partial charge in [-0.15, -0.1) is 10.2 Å². The first-order valence-electron chi connectivity index (χ1n) is 7.78. The second kappa shape index (κ2) is 9.01. The third-order valence-electron chi connectivity index (χ3n) is 3.94. The minimum Gasteiger partial charge on any atom is -0.757 e. The Bertz CT molecular complexity index is 1290. The Kier molecular flexibility index (Phi) is 7.05. The van der Waals surface area contributed by atoms with Gasteiger partial charge in [-0.05, 0) is 23.8 Å². The zero-order chi connectivity index (χ0) is 22.2. The van der Waals surface area contributed by atoms with E-state index in [1.807, 2.05) is 0 Å². The van der Waals surface area contributed by atoms with Gasteiger partial charge in [0.2, 0.25) is 11.5 Å². The Hall–Kier alpha value is -3.01. The largest absolute Gasteiger partial charge is 1.00 e. The van der Waals surface area contributed by atoms with Crippen LogP contribution in [0.2, 0.25) is 0 Å². The predicted octanol–water partition coefficient (Wildman–Crippen LogP) is -0.754. The number of phenolic OH excluding ortho intramolecular Hbond substituents is 1. The number of allylic oxidation sites excluding steroid dienone is 7. The molecule has 1 unspecified atom stereocenters. The molecule has 0 saturated heterocycles. The summed E-state index contributed by atoms with van der Waals surface area (Å²) in [6, 6.07) is 1.28. The molecule has 0 heterocycles. The van der Waals surface area contributed by atoms with Gasteiger partial charge in [-0.2, -0.15) is 0 Å². The molecular formula is C16H9N4NaO9S. The van der Waals surface area contributed by atoms with E-state index in [1.54, 1.807) is 0 Å². The summed E-state index contributed by atoms with van der Waals surface area (Å²) in [5, 5.41) is 39.1. The molecule has 15 heteroatoms. The molecule has 0 saturated carbocycles. The van der Waals surface area contributed by atoms with Gasteiger partial charge in [0.25, 0.3) is 5.69 Å². The zero-order valence-electron chi connectivity index (χ0n) is 15.5. The fourth-order valence-electron chi connectivity index (χ4n) is 2.55. The monoisotopic (exact) mass is 456 g/mol. The van der Waals surface area contributed by atoms with Crippen molar-refractivity contribution in [2.75, 3.05) is 0 Å². The van der Waals surface area contributed by atoms with E-state index >= 15 is 0 Å². The smallest absolute Gasteiger partial charge is 0.757 e. The summed E-state index contributed by atoms with van der Waals surface area (Å²) in [6.07, 6.45) is 5.61. The molecule has 0 aliphatic heterocycles. The van der Waals surface area contributed by atoms with Crippen molar-refractivity contribution in [3.05, 3.63) is 79.6 Å². The molecule has 2 aliphatic carbocycles. The maximum atomic E-state index is 12.2. The van der Waals surface area contributed by atoms with Crippen molar-refractivity contribution in [2.24, 2.45) is 10.2 Å². The fraction of sp³-hybridized carbons (Fsp3) is 0. The van der Waals surface area contributed by atoms with Gasteiger partial charge in [0, 0.05) is 26.6 Å². The Morgan fingerprint density at radius 1 is 1.00 bits per heavy atom. The predicted molar refractivity (Wildman–Crippen MR) is 101 cm³/mol. The van der Waals surface area contributed by atoms with Crippen LogP contribution in [0.4, 0.5) is 17.1 Å². The number of fused-ring (bicyclic) bond motifs is 1. The summed E-state index contributed by atoms with van der Waals surface area (Å²) in [5.74, 6) is -1.65. The van der Waals surface area contributed by atoms with Gasteiger partial charge in [-0.1, -0.05) is 12.2 Å². The van der Waals surface area contributed by atoms with Crippen LogP contribution in [0.1, 0.15) is 0 Å². The maximum Gasteiger partial charge on any atom is 1.00 e. The quantitative estimate of drug-likeness (QED) is 0.192. The molecule has 1 aromatic rings. The summed E-state index contributed by atoms with van der Waals surface area (Å²) in [5.41, 5.74) is -2.32. The van der Waals surface area contributed by atoms with E-state index in [0.717, 1.165) is 24.3 Å². The Labute approximate surface area is 195 Å². The number of non-ortho nitro benzene ring substituents is 1. The van der Waals surface area contributed by atoms with E-state index in [1.165, 1.54) is 12.2 Å². The number of nitrogens with zero attached hydrogens (tertiary/aromatic N) is 4. The first kappa shape index (κ1) is 24.3. The van der Waals surface area contributed by atoms with Crippen molar-refractivity contribution in [3.63, 3.8) is 0 Å². The number of ketones is 1. The number of rotatable bonds is 4. The molecule has 0 radical (unpaired) electrons. The number of hydrogen-bond acceptors (Lipinski definition) is 10. The summed E-state index contributed by atoms with van der Waals surface area (Å²) in [7, 11) is -4.50. The third kappa shape index (κ3) is 5.01. The average Bonchev–Trinajstić information content (AvgIpc) is 2.66. The minimum absolute atomic E-state index is 0. The SMILES string of the molecule is O=C1C=CC2=CC(=S(=O)([O-])O)C=CC2=C1N=Nc1cc([N+](=O)[O-])cc([N+](=O)[O-])c1O.[Na+]. The van der Waals surface area contributed by atoms with Gasteiger partial charge in [0.1, 0.15) is 11.4 Å². The summed E-state index contributed by atoms with van der Waals surface area (Å²) < 4.78 is 31.7. The molecule has 1 atom stereocenters. The van der Waals surface area contributed by atoms with Gasteiger partial charge < -0.3 is 14.2 Å². The molecule has 0 aromatic heterocycles. The summed E-state index contributed by atoms with van der Waals surface area (Å²) in [6.45, 7) is 0. The van der Waals surface area contributed by atoms with Gasteiger partial charge >= 0.3 is 35.2 Å². The Morgan fingerprint density at radius 2 is 1.68 bits per heavy atom. The number of hydrogen-bond donors (Lipinski definition) is 2. The number of carbonyl (C=O) groups excluding carboxylic acids is 1. The molecule has 0 spiro atoms. The number of benzene rings is 1. The molecule has 2 aliphatic rings. The van der Waals surface area contributed by atoms with Crippen molar-refractivity contribution in [3.8, 4) is 5.75 Å². The second-order valence-electron chi connectivity index (χ2n) is 5.82. The van der Waals surface area contributed by atoms with Crippen molar-refractivity contribution >= 4 is 37.8 Å².